The summed E-state index contributed by atoms with van der Waals surface area (Å²) >= 11 is 13.3. The Balaban J connectivity index is 2.12. The number of anilines is 1. The molecule has 108 valence electrons. The maximum Gasteiger partial charge on any atom is 0.242 e. The van der Waals surface area contributed by atoms with Crippen LogP contribution in [0.3, 0.4) is 0 Å². The fourth-order valence-corrected chi connectivity index (χ4v) is 4.10. The van der Waals surface area contributed by atoms with Gasteiger partial charge in [0.1, 0.15) is 4.90 Å². The second kappa shape index (κ2) is 6.32. The van der Waals surface area contributed by atoms with Crippen LogP contribution >= 0.6 is 34.5 Å². The van der Waals surface area contributed by atoms with E-state index in [1.807, 2.05) is 17.5 Å². The summed E-state index contributed by atoms with van der Waals surface area (Å²) in [6.45, 7) is 0.293. The van der Waals surface area contributed by atoms with E-state index in [1.54, 1.807) is 11.3 Å². The van der Waals surface area contributed by atoms with Gasteiger partial charge in [-0.3, -0.25) is 0 Å². The van der Waals surface area contributed by atoms with E-state index in [0.29, 0.717) is 13.0 Å². The van der Waals surface area contributed by atoms with Gasteiger partial charge in [0.25, 0.3) is 0 Å². The van der Waals surface area contributed by atoms with Gasteiger partial charge in [-0.05, 0) is 30.0 Å². The molecule has 0 saturated carbocycles. The number of nitrogens with one attached hydrogen (secondary N) is 1. The maximum absolute atomic E-state index is 12.2. The molecule has 20 heavy (non-hydrogen) atoms. The van der Waals surface area contributed by atoms with E-state index in [0.717, 1.165) is 4.88 Å². The highest BCUT2D eigenvalue weighted by molar-refractivity contribution is 7.89. The standard InChI is InChI=1S/C12H12Cl2N2O2S2/c13-9-3-4-10(11(14)12(9)15)20(17,18)16-6-5-8-2-1-7-19-8/h1-4,7,16H,5-6,15H2. The van der Waals surface area contributed by atoms with E-state index in [-0.39, 0.29) is 20.6 Å². The molecule has 0 amide bonds. The third kappa shape index (κ3) is 3.45. The summed E-state index contributed by atoms with van der Waals surface area (Å²) in [5, 5.41) is 2.12. The van der Waals surface area contributed by atoms with Crippen molar-refractivity contribution < 1.29 is 8.42 Å². The van der Waals surface area contributed by atoms with Crippen molar-refractivity contribution in [2.75, 3.05) is 12.3 Å². The SMILES string of the molecule is Nc1c(Cl)ccc(S(=O)(=O)NCCc2cccs2)c1Cl. The van der Waals surface area contributed by atoms with Crippen molar-refractivity contribution in [1.29, 1.82) is 0 Å². The van der Waals surface area contributed by atoms with Crippen LogP contribution in [0, 0.1) is 0 Å². The molecule has 0 aliphatic rings. The molecular weight excluding hydrogens is 339 g/mol. The van der Waals surface area contributed by atoms with Gasteiger partial charge in [-0.2, -0.15) is 0 Å². The van der Waals surface area contributed by atoms with E-state index in [4.69, 9.17) is 28.9 Å². The number of rotatable bonds is 5. The Morgan fingerprint density at radius 2 is 2.00 bits per heavy atom. The molecule has 1 heterocycles. The van der Waals surface area contributed by atoms with E-state index >= 15 is 0 Å². The molecule has 0 aliphatic heterocycles. The van der Waals surface area contributed by atoms with E-state index in [2.05, 4.69) is 4.72 Å². The number of hydrogen-bond acceptors (Lipinski definition) is 4. The number of nitrogens with two attached hydrogens (primary N) is 1. The Bertz CT molecular complexity index is 700. The number of thiophene rings is 1. The van der Waals surface area contributed by atoms with Crippen LogP contribution in [0.5, 0.6) is 0 Å². The minimum atomic E-state index is -3.70. The van der Waals surface area contributed by atoms with Crippen molar-refractivity contribution >= 4 is 50.2 Å². The van der Waals surface area contributed by atoms with Crippen molar-refractivity contribution in [3.63, 3.8) is 0 Å². The van der Waals surface area contributed by atoms with Gasteiger partial charge in [0.2, 0.25) is 10.0 Å². The molecule has 2 rings (SSSR count). The van der Waals surface area contributed by atoms with Crippen LogP contribution in [-0.2, 0) is 16.4 Å². The summed E-state index contributed by atoms with van der Waals surface area (Å²) in [7, 11) is -3.70. The molecule has 4 nitrogen and oxygen atoms in total. The Morgan fingerprint density at radius 1 is 1.25 bits per heavy atom. The molecule has 1 aromatic heterocycles. The molecule has 0 aliphatic carbocycles. The lowest BCUT2D eigenvalue weighted by molar-refractivity contribution is 0.582. The topological polar surface area (TPSA) is 72.2 Å². The highest BCUT2D eigenvalue weighted by Crippen LogP contribution is 2.32. The van der Waals surface area contributed by atoms with Crippen molar-refractivity contribution in [3.05, 3.63) is 44.6 Å². The average Bonchev–Trinajstić information content (AvgIpc) is 2.88. The van der Waals surface area contributed by atoms with Crippen molar-refractivity contribution in [2.24, 2.45) is 0 Å². The van der Waals surface area contributed by atoms with Gasteiger partial charge >= 0.3 is 0 Å². The fourth-order valence-electron chi connectivity index (χ4n) is 1.60. The molecule has 0 spiro atoms. The van der Waals surface area contributed by atoms with E-state index < -0.39 is 10.0 Å². The normalized spacial score (nSPS) is 11.7. The summed E-state index contributed by atoms with van der Waals surface area (Å²) in [6, 6.07) is 6.63. The Hall–Kier alpha value is -0.790. The van der Waals surface area contributed by atoms with Crippen LogP contribution in [0.4, 0.5) is 5.69 Å². The second-order valence-electron chi connectivity index (χ2n) is 4.00. The smallest absolute Gasteiger partial charge is 0.242 e. The van der Waals surface area contributed by atoms with Gasteiger partial charge < -0.3 is 5.73 Å². The molecule has 0 unspecified atom stereocenters. The number of benzene rings is 1. The third-order valence-corrected chi connectivity index (χ3v) is 5.91. The van der Waals surface area contributed by atoms with Crippen LogP contribution < -0.4 is 10.5 Å². The predicted molar refractivity (Wildman–Crippen MR) is 84.1 cm³/mol. The average molecular weight is 351 g/mol. The Labute approximate surface area is 131 Å². The zero-order valence-electron chi connectivity index (χ0n) is 10.3. The van der Waals surface area contributed by atoms with Gasteiger partial charge in [-0.25, -0.2) is 13.1 Å². The lowest BCUT2D eigenvalue weighted by Gasteiger charge is -2.10. The first-order valence-corrected chi connectivity index (χ1v) is 8.79. The monoisotopic (exact) mass is 350 g/mol. The minimum absolute atomic E-state index is 0.0545. The van der Waals surface area contributed by atoms with Crippen molar-refractivity contribution in [3.8, 4) is 0 Å². The van der Waals surface area contributed by atoms with Gasteiger partial charge in [-0.15, -0.1) is 11.3 Å². The zero-order valence-corrected chi connectivity index (χ0v) is 13.4. The molecule has 0 radical (unpaired) electrons. The molecule has 0 atom stereocenters. The zero-order chi connectivity index (χ0) is 14.8. The van der Waals surface area contributed by atoms with E-state index in [1.165, 1.54) is 12.1 Å². The molecule has 2 aromatic rings. The third-order valence-electron chi connectivity index (χ3n) is 2.62. The molecule has 1 aromatic carbocycles. The summed E-state index contributed by atoms with van der Waals surface area (Å²) < 4.78 is 26.8. The first-order chi connectivity index (χ1) is 9.42. The van der Waals surface area contributed by atoms with Crippen LogP contribution in [0.1, 0.15) is 4.88 Å². The second-order valence-corrected chi connectivity index (χ2v) is 7.55. The van der Waals surface area contributed by atoms with Crippen molar-refractivity contribution in [2.45, 2.75) is 11.3 Å². The summed E-state index contributed by atoms with van der Waals surface area (Å²) in [6.07, 6.45) is 0.623. The van der Waals surface area contributed by atoms with Crippen LogP contribution in [-0.4, -0.2) is 15.0 Å². The summed E-state index contributed by atoms with van der Waals surface area (Å²) in [4.78, 5) is 1.04. The summed E-state index contributed by atoms with van der Waals surface area (Å²) in [5.74, 6) is 0. The highest BCUT2D eigenvalue weighted by Gasteiger charge is 2.20. The van der Waals surface area contributed by atoms with Gasteiger partial charge in [0.05, 0.1) is 15.7 Å². The highest BCUT2D eigenvalue weighted by atomic mass is 35.5. The first-order valence-electron chi connectivity index (χ1n) is 5.67. The fraction of sp³-hybridized carbons (Fsp3) is 0.167. The van der Waals surface area contributed by atoms with Crippen LogP contribution in [0.2, 0.25) is 10.0 Å². The predicted octanol–water partition coefficient (Wildman–Crippen LogP) is 3.16. The number of sulfonamides is 1. The summed E-state index contributed by atoms with van der Waals surface area (Å²) in [5.41, 5.74) is 5.70. The molecule has 8 heteroatoms. The van der Waals surface area contributed by atoms with Gasteiger partial charge in [0, 0.05) is 11.4 Å². The van der Waals surface area contributed by atoms with Crippen LogP contribution in [0.25, 0.3) is 0 Å². The van der Waals surface area contributed by atoms with Gasteiger partial charge in [0.15, 0.2) is 0 Å². The first kappa shape index (κ1) is 15.6. The van der Waals surface area contributed by atoms with Gasteiger partial charge in [-0.1, -0.05) is 29.3 Å². The maximum atomic E-state index is 12.2. The lowest BCUT2D eigenvalue weighted by Crippen LogP contribution is -2.26. The number of nitrogen functional groups attached to an aromatic ring is 1. The Kier molecular flexibility index (Phi) is 4.93. The quantitative estimate of drug-likeness (QED) is 0.813. The lowest BCUT2D eigenvalue weighted by atomic mass is 10.3. The molecular formula is C12H12Cl2N2O2S2. The number of hydrogen-bond donors (Lipinski definition) is 2. The number of halogens is 2. The molecule has 0 fully saturated rings. The van der Waals surface area contributed by atoms with Crippen molar-refractivity contribution in [1.82, 2.24) is 4.72 Å². The Morgan fingerprint density at radius 3 is 2.65 bits per heavy atom. The molecule has 0 bridgehead atoms. The molecule has 3 N–H and O–H groups in total. The van der Waals surface area contributed by atoms with Crippen LogP contribution in [0.15, 0.2) is 34.5 Å². The largest absolute Gasteiger partial charge is 0.396 e. The van der Waals surface area contributed by atoms with E-state index in [9.17, 15) is 8.42 Å². The molecule has 0 saturated heterocycles. The minimum Gasteiger partial charge on any atom is -0.396 e.